The van der Waals surface area contributed by atoms with Crippen LogP contribution in [0.15, 0.2) is 72.8 Å². The van der Waals surface area contributed by atoms with Gasteiger partial charge in [0.25, 0.3) is 8.32 Å². The van der Waals surface area contributed by atoms with Crippen LogP contribution in [0.25, 0.3) is 0 Å². The second-order valence-corrected chi connectivity index (χ2v) is 14.8. The van der Waals surface area contributed by atoms with E-state index in [1.165, 1.54) is 59.7 Å². The van der Waals surface area contributed by atoms with Crippen LogP contribution in [-0.2, 0) is 4.43 Å². The summed E-state index contributed by atoms with van der Waals surface area (Å²) in [4.78, 5) is 0. The molecule has 31 heavy (non-hydrogen) atoms. The van der Waals surface area contributed by atoms with E-state index in [4.69, 9.17) is 4.43 Å². The van der Waals surface area contributed by atoms with Gasteiger partial charge in [-0.05, 0) is 58.4 Å². The predicted octanol–water partition coefficient (Wildman–Crippen LogP) is 7.68. The summed E-state index contributed by atoms with van der Waals surface area (Å²) in [5.74, 6) is 0. The molecule has 0 aliphatic heterocycles. The van der Waals surface area contributed by atoms with Gasteiger partial charge in [0, 0.05) is 6.61 Å². The molecule has 3 heteroatoms. The van der Waals surface area contributed by atoms with Crippen molar-refractivity contribution in [1.82, 2.24) is 0 Å². The van der Waals surface area contributed by atoms with Gasteiger partial charge in [-0.3, -0.25) is 0 Å². The maximum absolute atomic E-state index is 6.97. The average Bonchev–Trinajstić information content (AvgIpc) is 2.77. The van der Waals surface area contributed by atoms with Gasteiger partial charge < -0.3 is 4.43 Å². The van der Waals surface area contributed by atoms with Gasteiger partial charge in [-0.1, -0.05) is 129 Å². The van der Waals surface area contributed by atoms with Gasteiger partial charge in [0.15, 0.2) is 0 Å². The fraction of sp³-hybridized carbons (Fsp3) is 0.500. The molecular formula is C28H41IOSi. The second-order valence-electron chi connectivity index (χ2n) is 9.37. The van der Waals surface area contributed by atoms with Gasteiger partial charge in [0.05, 0.1) is 0 Å². The Morgan fingerprint density at radius 1 is 0.710 bits per heavy atom. The van der Waals surface area contributed by atoms with Gasteiger partial charge in [-0.25, -0.2) is 0 Å². The topological polar surface area (TPSA) is 9.23 Å². The number of alkyl halides is 1. The molecule has 2 rings (SSSR count). The first kappa shape index (κ1) is 26.3. The predicted molar refractivity (Wildman–Crippen MR) is 149 cm³/mol. The lowest BCUT2D eigenvalue weighted by Crippen LogP contribution is -2.66. The molecule has 2 aromatic rings. The summed E-state index contributed by atoms with van der Waals surface area (Å²) in [6.45, 7) is 7.91. The molecule has 0 radical (unpaired) electrons. The molecule has 0 spiro atoms. The zero-order chi connectivity index (χ0) is 22.4. The molecule has 0 bridgehead atoms. The minimum Gasteiger partial charge on any atom is -0.407 e. The highest BCUT2D eigenvalue weighted by Gasteiger charge is 2.49. The van der Waals surface area contributed by atoms with Gasteiger partial charge in [-0.2, -0.15) is 0 Å². The van der Waals surface area contributed by atoms with Gasteiger partial charge in [0.2, 0.25) is 0 Å². The van der Waals surface area contributed by atoms with E-state index in [1.54, 1.807) is 0 Å². The van der Waals surface area contributed by atoms with E-state index in [1.807, 2.05) is 0 Å². The molecule has 0 saturated carbocycles. The molecule has 0 aliphatic carbocycles. The van der Waals surface area contributed by atoms with Crippen LogP contribution >= 0.6 is 22.6 Å². The summed E-state index contributed by atoms with van der Waals surface area (Å²) < 4.78 is 8.25. The van der Waals surface area contributed by atoms with E-state index in [2.05, 4.69) is 116 Å². The first-order valence-electron chi connectivity index (χ1n) is 12.0. The highest BCUT2D eigenvalue weighted by Crippen LogP contribution is 2.36. The van der Waals surface area contributed by atoms with E-state index in [0.29, 0.717) is 0 Å². The molecule has 0 N–H and O–H groups in total. The fourth-order valence-corrected chi connectivity index (χ4v) is 9.44. The van der Waals surface area contributed by atoms with E-state index < -0.39 is 8.32 Å². The van der Waals surface area contributed by atoms with Crippen LogP contribution in [0.5, 0.6) is 0 Å². The molecule has 0 aromatic heterocycles. The lowest BCUT2D eigenvalue weighted by atomic mass is 10.1. The Hall–Kier alpha value is -0.913. The third-order valence-corrected chi connectivity index (χ3v) is 11.7. The summed E-state index contributed by atoms with van der Waals surface area (Å²) in [6, 6.07) is 21.9. The fourth-order valence-electron chi connectivity index (χ4n) is 4.30. The monoisotopic (exact) mass is 548 g/mol. The number of hydrogen-bond acceptors (Lipinski definition) is 1. The first-order valence-corrected chi connectivity index (χ1v) is 15.4. The molecule has 1 nitrogen and oxygen atoms in total. The molecule has 0 unspecified atom stereocenters. The van der Waals surface area contributed by atoms with E-state index in [0.717, 1.165) is 13.0 Å². The summed E-state index contributed by atoms with van der Waals surface area (Å²) >= 11 is 2.46. The Balaban J connectivity index is 1.92. The third kappa shape index (κ3) is 8.18. The minimum atomic E-state index is -2.36. The van der Waals surface area contributed by atoms with E-state index in [-0.39, 0.29) is 5.04 Å². The Morgan fingerprint density at radius 3 is 1.68 bits per heavy atom. The van der Waals surface area contributed by atoms with Crippen LogP contribution in [0.4, 0.5) is 0 Å². The van der Waals surface area contributed by atoms with Crippen molar-refractivity contribution in [3.63, 3.8) is 0 Å². The molecule has 170 valence electrons. The number of halogens is 1. The van der Waals surface area contributed by atoms with Crippen LogP contribution in [0.1, 0.15) is 72.1 Å². The van der Waals surface area contributed by atoms with Crippen LogP contribution < -0.4 is 10.4 Å². The first-order chi connectivity index (χ1) is 15.0. The number of allylic oxidation sites excluding steroid dienone is 2. The Bertz CT molecular complexity index is 697. The van der Waals surface area contributed by atoms with Crippen molar-refractivity contribution in [1.29, 1.82) is 0 Å². The molecule has 0 amide bonds. The third-order valence-electron chi connectivity index (χ3n) is 5.92. The second kappa shape index (κ2) is 14.3. The number of unbranched alkanes of at least 4 members (excludes halogenated alkanes) is 6. The van der Waals surface area contributed by atoms with Crippen molar-refractivity contribution in [3.05, 3.63) is 72.8 Å². The number of hydrogen-bond donors (Lipinski definition) is 0. The summed E-state index contributed by atoms with van der Waals surface area (Å²) in [5.41, 5.74) is 0. The minimum absolute atomic E-state index is 0.0673. The van der Waals surface area contributed by atoms with Crippen LogP contribution in [-0.4, -0.2) is 19.4 Å². The molecule has 0 heterocycles. The van der Waals surface area contributed by atoms with E-state index >= 15 is 0 Å². The lowest BCUT2D eigenvalue weighted by molar-refractivity contribution is 0.286. The van der Waals surface area contributed by atoms with Gasteiger partial charge in [-0.15, -0.1) is 0 Å². The SMILES string of the molecule is CC(C)(C)[Si](OCCCCCCC=CCCCCI)(c1ccccc1)c1ccccc1. The smallest absolute Gasteiger partial charge is 0.261 e. The van der Waals surface area contributed by atoms with Gasteiger partial charge >= 0.3 is 0 Å². The zero-order valence-electron chi connectivity index (χ0n) is 19.8. The molecule has 2 aromatic carbocycles. The van der Waals surface area contributed by atoms with Gasteiger partial charge in [0.1, 0.15) is 0 Å². The van der Waals surface area contributed by atoms with E-state index in [9.17, 15) is 0 Å². The molecular weight excluding hydrogens is 507 g/mol. The van der Waals surface area contributed by atoms with Crippen molar-refractivity contribution in [2.75, 3.05) is 11.0 Å². The van der Waals surface area contributed by atoms with Crippen LogP contribution in [0.3, 0.4) is 0 Å². The number of benzene rings is 2. The van der Waals surface area contributed by atoms with Crippen molar-refractivity contribution >= 4 is 41.3 Å². The Kier molecular flexibility index (Phi) is 12.1. The standard InChI is InChI=1S/C28H41IOSi/c1-28(2,3)31(26-20-14-12-15-21-26,27-22-16-13-17-23-27)30-25-19-11-9-7-5-4-6-8-10-18-24-29/h4,6,12-17,20-23H,5,7-11,18-19,24-25H2,1-3H3. The highest BCUT2D eigenvalue weighted by atomic mass is 127. The largest absolute Gasteiger partial charge is 0.407 e. The normalized spacial score (nSPS) is 12.5. The molecule has 0 fully saturated rings. The number of rotatable bonds is 14. The highest BCUT2D eigenvalue weighted by molar-refractivity contribution is 14.1. The summed E-state index contributed by atoms with van der Waals surface area (Å²) in [6.07, 6.45) is 14.9. The Morgan fingerprint density at radius 2 is 1.19 bits per heavy atom. The van der Waals surface area contributed by atoms with Crippen molar-refractivity contribution < 1.29 is 4.43 Å². The Labute approximate surface area is 206 Å². The van der Waals surface area contributed by atoms with Crippen molar-refractivity contribution in [2.45, 2.75) is 77.2 Å². The molecule has 0 atom stereocenters. The maximum Gasteiger partial charge on any atom is 0.261 e. The van der Waals surface area contributed by atoms with Crippen molar-refractivity contribution in [2.24, 2.45) is 0 Å². The maximum atomic E-state index is 6.97. The summed E-state index contributed by atoms with van der Waals surface area (Å²) in [5, 5.41) is 2.82. The summed E-state index contributed by atoms with van der Waals surface area (Å²) in [7, 11) is -2.36. The van der Waals surface area contributed by atoms with Crippen molar-refractivity contribution in [3.8, 4) is 0 Å². The van der Waals surface area contributed by atoms with Crippen LogP contribution in [0.2, 0.25) is 5.04 Å². The quantitative estimate of drug-likeness (QED) is 0.0774. The molecule has 0 saturated heterocycles. The lowest BCUT2D eigenvalue weighted by Gasteiger charge is -2.43. The zero-order valence-corrected chi connectivity index (χ0v) is 22.9. The molecule has 0 aliphatic rings. The average molecular weight is 549 g/mol. The van der Waals surface area contributed by atoms with Crippen LogP contribution in [0, 0.1) is 0 Å².